The zero-order valence-electron chi connectivity index (χ0n) is 7.60. The van der Waals surface area contributed by atoms with Crippen molar-refractivity contribution in [3.8, 4) is 12.3 Å². The molecule has 0 aliphatic carbocycles. The minimum Gasteiger partial charge on any atom is -0.211 e. The lowest BCUT2D eigenvalue weighted by atomic mass is 10.2. The SMILES string of the molecule is C#CCS(=O)(=O)NCc1ccccc1. The van der Waals surface area contributed by atoms with Crippen LogP contribution in [0.3, 0.4) is 0 Å². The molecule has 1 N–H and O–H groups in total. The van der Waals surface area contributed by atoms with E-state index < -0.39 is 10.0 Å². The predicted molar refractivity (Wildman–Crippen MR) is 55.9 cm³/mol. The van der Waals surface area contributed by atoms with Crippen LogP contribution in [0.5, 0.6) is 0 Å². The van der Waals surface area contributed by atoms with Gasteiger partial charge in [-0.15, -0.1) is 6.42 Å². The Hall–Kier alpha value is -1.31. The van der Waals surface area contributed by atoms with Gasteiger partial charge in [0.05, 0.1) is 0 Å². The predicted octanol–water partition coefficient (Wildman–Crippen LogP) is 0.739. The molecule has 1 rings (SSSR count). The van der Waals surface area contributed by atoms with E-state index in [1.165, 1.54) is 0 Å². The molecular formula is C10H11NO2S. The van der Waals surface area contributed by atoms with Crippen LogP contribution < -0.4 is 4.72 Å². The number of benzene rings is 1. The van der Waals surface area contributed by atoms with Crippen molar-refractivity contribution in [2.24, 2.45) is 0 Å². The Morgan fingerprint density at radius 2 is 1.93 bits per heavy atom. The quantitative estimate of drug-likeness (QED) is 0.743. The summed E-state index contributed by atoms with van der Waals surface area (Å²) in [4.78, 5) is 0. The monoisotopic (exact) mass is 209 g/mol. The van der Waals surface area contributed by atoms with Crippen molar-refractivity contribution in [2.45, 2.75) is 6.54 Å². The number of hydrogen-bond acceptors (Lipinski definition) is 2. The lowest BCUT2D eigenvalue weighted by Crippen LogP contribution is -2.25. The molecule has 74 valence electrons. The third-order valence-electron chi connectivity index (χ3n) is 1.61. The van der Waals surface area contributed by atoms with E-state index in [1.54, 1.807) is 0 Å². The maximum atomic E-state index is 11.2. The van der Waals surface area contributed by atoms with E-state index in [1.807, 2.05) is 30.3 Å². The molecule has 0 fully saturated rings. The first-order chi connectivity index (χ1) is 6.64. The normalized spacial score (nSPS) is 10.8. The first kappa shape index (κ1) is 10.8. The number of terminal acetylenes is 1. The minimum atomic E-state index is -3.32. The van der Waals surface area contributed by atoms with Crippen molar-refractivity contribution >= 4 is 10.0 Å². The Morgan fingerprint density at radius 1 is 1.29 bits per heavy atom. The highest BCUT2D eigenvalue weighted by Crippen LogP contribution is 1.98. The number of nitrogens with one attached hydrogen (secondary N) is 1. The lowest BCUT2D eigenvalue weighted by molar-refractivity contribution is 0.585. The third-order valence-corrected chi connectivity index (χ3v) is 2.74. The van der Waals surface area contributed by atoms with Gasteiger partial charge in [-0.1, -0.05) is 36.3 Å². The summed E-state index contributed by atoms with van der Waals surface area (Å²) in [5.74, 6) is 1.82. The molecule has 0 bridgehead atoms. The summed E-state index contributed by atoms with van der Waals surface area (Å²) in [6.07, 6.45) is 4.91. The van der Waals surface area contributed by atoms with Gasteiger partial charge in [-0.3, -0.25) is 0 Å². The van der Waals surface area contributed by atoms with Crippen LogP contribution in [0.15, 0.2) is 30.3 Å². The molecule has 0 atom stereocenters. The summed E-state index contributed by atoms with van der Waals surface area (Å²) < 4.78 is 24.7. The molecule has 3 nitrogen and oxygen atoms in total. The standard InChI is InChI=1S/C10H11NO2S/c1-2-8-14(12,13)11-9-10-6-4-3-5-7-10/h1,3-7,11H,8-9H2. The third kappa shape index (κ3) is 3.60. The molecular weight excluding hydrogens is 198 g/mol. The molecule has 0 aliphatic heterocycles. The average Bonchev–Trinajstić information content (AvgIpc) is 2.17. The van der Waals surface area contributed by atoms with Crippen LogP contribution in [0, 0.1) is 12.3 Å². The Labute approximate surface area is 84.2 Å². The van der Waals surface area contributed by atoms with Gasteiger partial charge >= 0.3 is 0 Å². The molecule has 0 saturated heterocycles. The molecule has 0 aliphatic rings. The Kier molecular flexibility index (Phi) is 3.69. The van der Waals surface area contributed by atoms with Gasteiger partial charge in [-0.05, 0) is 5.56 Å². The van der Waals surface area contributed by atoms with E-state index in [-0.39, 0.29) is 12.3 Å². The molecule has 4 heteroatoms. The van der Waals surface area contributed by atoms with Gasteiger partial charge < -0.3 is 0 Å². The van der Waals surface area contributed by atoms with Crippen molar-refractivity contribution in [1.82, 2.24) is 4.72 Å². The summed E-state index contributed by atoms with van der Waals surface area (Å²) in [5, 5.41) is 0. The van der Waals surface area contributed by atoms with E-state index in [0.717, 1.165) is 5.56 Å². The maximum Gasteiger partial charge on any atom is 0.223 e. The lowest BCUT2D eigenvalue weighted by Gasteiger charge is -2.03. The molecule has 0 spiro atoms. The van der Waals surface area contributed by atoms with Crippen molar-refractivity contribution in [3.63, 3.8) is 0 Å². The van der Waals surface area contributed by atoms with Crippen molar-refractivity contribution in [1.29, 1.82) is 0 Å². The first-order valence-electron chi connectivity index (χ1n) is 4.09. The number of rotatable bonds is 4. The zero-order valence-corrected chi connectivity index (χ0v) is 8.42. The van der Waals surface area contributed by atoms with Crippen molar-refractivity contribution < 1.29 is 8.42 Å². The van der Waals surface area contributed by atoms with Gasteiger partial charge in [0.25, 0.3) is 0 Å². The van der Waals surface area contributed by atoms with Crippen LogP contribution in [0.4, 0.5) is 0 Å². The van der Waals surface area contributed by atoms with E-state index in [2.05, 4.69) is 10.6 Å². The summed E-state index contributed by atoms with van der Waals surface area (Å²) in [7, 11) is -3.32. The smallest absolute Gasteiger partial charge is 0.211 e. The highest BCUT2D eigenvalue weighted by molar-refractivity contribution is 7.89. The van der Waals surface area contributed by atoms with Crippen LogP contribution in [-0.4, -0.2) is 14.2 Å². The van der Waals surface area contributed by atoms with Gasteiger partial charge in [-0.25, -0.2) is 13.1 Å². The van der Waals surface area contributed by atoms with Crippen LogP contribution in [0.2, 0.25) is 0 Å². The Morgan fingerprint density at radius 3 is 2.50 bits per heavy atom. The van der Waals surface area contributed by atoms with Crippen molar-refractivity contribution in [3.05, 3.63) is 35.9 Å². The second kappa shape index (κ2) is 4.80. The van der Waals surface area contributed by atoms with Gasteiger partial charge in [0.1, 0.15) is 5.75 Å². The average molecular weight is 209 g/mol. The zero-order chi connectivity index (χ0) is 10.4. The maximum absolute atomic E-state index is 11.2. The molecule has 1 aromatic rings. The fraction of sp³-hybridized carbons (Fsp3) is 0.200. The van der Waals surface area contributed by atoms with Crippen LogP contribution in [-0.2, 0) is 16.6 Å². The fourth-order valence-corrected chi connectivity index (χ4v) is 1.66. The Bertz CT molecular complexity index is 417. The largest absolute Gasteiger partial charge is 0.223 e. The molecule has 0 unspecified atom stereocenters. The minimum absolute atomic E-state index is 0.278. The second-order valence-corrected chi connectivity index (χ2v) is 4.58. The molecule has 0 amide bonds. The molecule has 0 saturated carbocycles. The van der Waals surface area contributed by atoms with Crippen LogP contribution in [0.1, 0.15) is 5.56 Å². The summed E-state index contributed by atoms with van der Waals surface area (Å²) in [6.45, 7) is 0.283. The Balaban J connectivity index is 2.55. The summed E-state index contributed by atoms with van der Waals surface area (Å²) in [6, 6.07) is 9.27. The summed E-state index contributed by atoms with van der Waals surface area (Å²) in [5.41, 5.74) is 0.910. The highest BCUT2D eigenvalue weighted by Gasteiger charge is 2.06. The molecule has 1 aromatic carbocycles. The van der Waals surface area contributed by atoms with E-state index in [0.29, 0.717) is 0 Å². The molecule has 0 heterocycles. The van der Waals surface area contributed by atoms with Gasteiger partial charge in [0, 0.05) is 6.54 Å². The van der Waals surface area contributed by atoms with Crippen LogP contribution >= 0.6 is 0 Å². The molecule has 0 radical (unpaired) electrons. The number of hydrogen-bond donors (Lipinski definition) is 1. The van der Waals surface area contributed by atoms with E-state index in [9.17, 15) is 8.42 Å². The topological polar surface area (TPSA) is 46.2 Å². The number of sulfonamides is 1. The van der Waals surface area contributed by atoms with Crippen molar-refractivity contribution in [2.75, 3.05) is 5.75 Å². The van der Waals surface area contributed by atoms with E-state index >= 15 is 0 Å². The second-order valence-electron chi connectivity index (χ2n) is 2.77. The van der Waals surface area contributed by atoms with Gasteiger partial charge in [0.2, 0.25) is 10.0 Å². The first-order valence-corrected chi connectivity index (χ1v) is 5.74. The summed E-state index contributed by atoms with van der Waals surface area (Å²) >= 11 is 0. The van der Waals surface area contributed by atoms with Gasteiger partial charge in [0.15, 0.2) is 0 Å². The van der Waals surface area contributed by atoms with Crippen LogP contribution in [0.25, 0.3) is 0 Å². The highest BCUT2D eigenvalue weighted by atomic mass is 32.2. The van der Waals surface area contributed by atoms with E-state index in [4.69, 9.17) is 6.42 Å². The molecule has 14 heavy (non-hydrogen) atoms. The molecule has 0 aromatic heterocycles. The van der Waals surface area contributed by atoms with Gasteiger partial charge in [-0.2, -0.15) is 0 Å². The fourth-order valence-electron chi connectivity index (χ4n) is 0.950.